The summed E-state index contributed by atoms with van der Waals surface area (Å²) in [6, 6.07) is 3.41. The number of rotatable bonds is 5. The first kappa shape index (κ1) is 20.2. The molecule has 10 heteroatoms. The van der Waals surface area contributed by atoms with Crippen molar-refractivity contribution < 1.29 is 30.4 Å². The van der Waals surface area contributed by atoms with E-state index in [2.05, 4.69) is 4.98 Å². The summed E-state index contributed by atoms with van der Waals surface area (Å²) in [6.45, 7) is 4.62. The summed E-state index contributed by atoms with van der Waals surface area (Å²) >= 11 is 0. The maximum atomic E-state index is 13.7. The zero-order chi connectivity index (χ0) is 19.9. The number of aryl methyl sites for hydroxylation is 1. The standard InChI is InChI=1S/C16H15F5N2O2S/c1-8-4-5-22-9(6-8)16(2,3)7-23-26(24,25)15-13(20)11(18)10(17)12(19)14(15)21/h4-6,23H,7H2,1-3H3. The van der Waals surface area contributed by atoms with Crippen LogP contribution in [0.15, 0.2) is 23.2 Å². The Balaban J connectivity index is 2.39. The summed E-state index contributed by atoms with van der Waals surface area (Å²) in [5.74, 6) is -11.9. The number of hydrogen-bond acceptors (Lipinski definition) is 3. The van der Waals surface area contributed by atoms with Gasteiger partial charge in [-0.1, -0.05) is 13.8 Å². The predicted molar refractivity (Wildman–Crippen MR) is 83.4 cm³/mol. The number of benzene rings is 1. The molecule has 0 spiro atoms. The molecule has 26 heavy (non-hydrogen) atoms. The van der Waals surface area contributed by atoms with Crippen molar-refractivity contribution in [3.8, 4) is 0 Å². The molecule has 0 amide bonds. The van der Waals surface area contributed by atoms with Gasteiger partial charge in [0.15, 0.2) is 28.2 Å². The number of hydrogen-bond donors (Lipinski definition) is 1. The summed E-state index contributed by atoms with van der Waals surface area (Å²) in [5.41, 5.74) is 0.423. The van der Waals surface area contributed by atoms with E-state index in [1.807, 2.05) is 4.72 Å². The molecule has 4 nitrogen and oxygen atoms in total. The highest BCUT2D eigenvalue weighted by atomic mass is 32.2. The van der Waals surface area contributed by atoms with E-state index < -0.39 is 49.4 Å². The van der Waals surface area contributed by atoms with E-state index >= 15 is 0 Å². The minimum atomic E-state index is -5.01. The summed E-state index contributed by atoms with van der Waals surface area (Å²) in [4.78, 5) is 2.19. The SMILES string of the molecule is Cc1ccnc(C(C)(C)CNS(=O)(=O)c2c(F)c(F)c(F)c(F)c2F)c1. The topological polar surface area (TPSA) is 59.1 Å². The van der Waals surface area contributed by atoms with Gasteiger partial charge in [-0.3, -0.25) is 4.98 Å². The van der Waals surface area contributed by atoms with Gasteiger partial charge < -0.3 is 0 Å². The Labute approximate surface area is 147 Å². The molecule has 0 aliphatic rings. The third-order valence-corrected chi connectivity index (χ3v) is 5.17. The molecular formula is C16H15F5N2O2S. The van der Waals surface area contributed by atoms with Crippen molar-refractivity contribution >= 4 is 10.0 Å². The second kappa shape index (κ2) is 6.92. The fourth-order valence-electron chi connectivity index (χ4n) is 2.17. The molecule has 0 saturated carbocycles. The Morgan fingerprint density at radius 1 is 1.00 bits per heavy atom. The Kier molecular flexibility index (Phi) is 5.39. The molecule has 2 aromatic rings. The number of aromatic nitrogens is 1. The molecule has 142 valence electrons. The van der Waals surface area contributed by atoms with Gasteiger partial charge in [-0.2, -0.15) is 0 Å². The van der Waals surface area contributed by atoms with E-state index in [9.17, 15) is 30.4 Å². The van der Waals surface area contributed by atoms with Crippen LogP contribution in [0.1, 0.15) is 25.1 Å². The van der Waals surface area contributed by atoms with Crippen molar-refractivity contribution in [1.82, 2.24) is 9.71 Å². The molecule has 1 aromatic heterocycles. The van der Waals surface area contributed by atoms with E-state index in [1.165, 1.54) is 6.20 Å². The van der Waals surface area contributed by atoms with Crippen LogP contribution in [0.3, 0.4) is 0 Å². The molecule has 2 rings (SSSR count). The lowest BCUT2D eigenvalue weighted by Gasteiger charge is -2.25. The smallest absolute Gasteiger partial charge is 0.246 e. The number of nitrogens with one attached hydrogen (secondary N) is 1. The Hall–Kier alpha value is -2.07. The van der Waals surface area contributed by atoms with Crippen LogP contribution < -0.4 is 4.72 Å². The molecule has 0 aliphatic carbocycles. The van der Waals surface area contributed by atoms with E-state index in [-0.39, 0.29) is 6.54 Å². The normalized spacial score (nSPS) is 12.5. The molecule has 1 aromatic carbocycles. The molecular weight excluding hydrogens is 379 g/mol. The maximum Gasteiger partial charge on any atom is 0.246 e. The van der Waals surface area contributed by atoms with E-state index in [0.29, 0.717) is 5.69 Å². The van der Waals surface area contributed by atoms with Gasteiger partial charge in [-0.15, -0.1) is 0 Å². The highest BCUT2D eigenvalue weighted by Crippen LogP contribution is 2.27. The van der Waals surface area contributed by atoms with Gasteiger partial charge in [0, 0.05) is 23.9 Å². The summed E-state index contributed by atoms with van der Waals surface area (Å²) < 4.78 is 93.3. The van der Waals surface area contributed by atoms with Crippen LogP contribution in [-0.4, -0.2) is 19.9 Å². The Morgan fingerprint density at radius 2 is 1.50 bits per heavy atom. The third kappa shape index (κ3) is 3.70. The molecule has 0 saturated heterocycles. The number of pyridine rings is 1. The van der Waals surface area contributed by atoms with Crippen molar-refractivity contribution in [2.24, 2.45) is 0 Å². The zero-order valence-electron chi connectivity index (χ0n) is 14.0. The molecule has 0 fully saturated rings. The van der Waals surface area contributed by atoms with Gasteiger partial charge in [-0.25, -0.2) is 35.1 Å². The lowest BCUT2D eigenvalue weighted by Crippen LogP contribution is -2.38. The Bertz CT molecular complexity index is 932. The van der Waals surface area contributed by atoms with Gasteiger partial charge in [0.25, 0.3) is 0 Å². The zero-order valence-corrected chi connectivity index (χ0v) is 14.8. The van der Waals surface area contributed by atoms with Gasteiger partial charge in [-0.05, 0) is 24.6 Å². The fraction of sp³-hybridized carbons (Fsp3) is 0.312. The van der Waals surface area contributed by atoms with Gasteiger partial charge in [0.05, 0.1) is 0 Å². The summed E-state index contributed by atoms with van der Waals surface area (Å²) in [6.07, 6.45) is 1.50. The van der Waals surface area contributed by atoms with Crippen LogP contribution in [0, 0.1) is 36.0 Å². The molecule has 0 aliphatic heterocycles. The van der Waals surface area contributed by atoms with E-state index in [4.69, 9.17) is 0 Å². The molecule has 0 atom stereocenters. The lowest BCUT2D eigenvalue weighted by molar-refractivity contribution is 0.356. The van der Waals surface area contributed by atoms with Crippen molar-refractivity contribution in [2.75, 3.05) is 6.54 Å². The Morgan fingerprint density at radius 3 is 2.00 bits per heavy atom. The minimum Gasteiger partial charge on any atom is -0.261 e. The van der Waals surface area contributed by atoms with Crippen LogP contribution in [0.5, 0.6) is 0 Å². The highest BCUT2D eigenvalue weighted by molar-refractivity contribution is 7.89. The highest BCUT2D eigenvalue weighted by Gasteiger charge is 2.35. The monoisotopic (exact) mass is 394 g/mol. The molecule has 0 unspecified atom stereocenters. The van der Waals surface area contributed by atoms with Gasteiger partial charge >= 0.3 is 0 Å². The lowest BCUT2D eigenvalue weighted by atomic mass is 9.88. The second-order valence-electron chi connectivity index (χ2n) is 6.33. The molecule has 1 N–H and O–H groups in total. The van der Waals surface area contributed by atoms with Crippen LogP contribution in [-0.2, 0) is 15.4 Å². The van der Waals surface area contributed by atoms with E-state index in [1.54, 1.807) is 32.9 Å². The average molecular weight is 394 g/mol. The van der Waals surface area contributed by atoms with Crippen LogP contribution in [0.4, 0.5) is 22.0 Å². The quantitative estimate of drug-likeness (QED) is 0.481. The fourth-order valence-corrected chi connectivity index (χ4v) is 3.51. The van der Waals surface area contributed by atoms with Gasteiger partial charge in [0.1, 0.15) is 0 Å². The molecule has 0 radical (unpaired) electrons. The number of nitrogens with zero attached hydrogens (tertiary/aromatic N) is 1. The van der Waals surface area contributed by atoms with Crippen LogP contribution >= 0.6 is 0 Å². The number of halogens is 5. The first-order valence-corrected chi connectivity index (χ1v) is 8.81. The third-order valence-electron chi connectivity index (χ3n) is 3.75. The number of sulfonamides is 1. The van der Waals surface area contributed by atoms with Crippen LogP contribution in [0.25, 0.3) is 0 Å². The van der Waals surface area contributed by atoms with Crippen molar-refractivity contribution in [3.63, 3.8) is 0 Å². The predicted octanol–water partition coefficient (Wildman–Crippen LogP) is 3.34. The summed E-state index contributed by atoms with van der Waals surface area (Å²) in [5, 5.41) is 0. The molecule has 0 bridgehead atoms. The van der Waals surface area contributed by atoms with Gasteiger partial charge in [0.2, 0.25) is 15.8 Å². The van der Waals surface area contributed by atoms with Crippen LogP contribution in [0.2, 0.25) is 0 Å². The largest absolute Gasteiger partial charge is 0.261 e. The second-order valence-corrected chi connectivity index (χ2v) is 8.03. The van der Waals surface area contributed by atoms with Crippen molar-refractivity contribution in [3.05, 3.63) is 58.7 Å². The van der Waals surface area contributed by atoms with E-state index in [0.717, 1.165) is 5.56 Å². The molecule has 1 heterocycles. The average Bonchev–Trinajstić information content (AvgIpc) is 2.57. The van der Waals surface area contributed by atoms with Crippen molar-refractivity contribution in [2.45, 2.75) is 31.1 Å². The first-order valence-electron chi connectivity index (χ1n) is 7.32. The maximum absolute atomic E-state index is 13.7. The first-order chi connectivity index (χ1) is 11.9. The van der Waals surface area contributed by atoms with Crippen molar-refractivity contribution in [1.29, 1.82) is 0 Å². The summed E-state index contributed by atoms with van der Waals surface area (Å²) in [7, 11) is -5.01. The minimum absolute atomic E-state index is 0.384.